The normalized spacial score (nSPS) is 18.3. The molecular formula is C9H12F2N2O. The number of aromatic nitrogens is 2. The molecule has 1 aliphatic rings. The van der Waals surface area contributed by atoms with Crippen LogP contribution in [-0.4, -0.2) is 21.1 Å². The van der Waals surface area contributed by atoms with Crippen LogP contribution in [0.3, 0.4) is 0 Å². The van der Waals surface area contributed by atoms with Crippen LogP contribution in [0.5, 0.6) is 0 Å². The minimum absolute atomic E-state index is 0.0944. The molecule has 1 aromatic rings. The van der Waals surface area contributed by atoms with Crippen LogP contribution < -0.4 is 0 Å². The smallest absolute Gasteiger partial charge is 0.269 e. The molecule has 14 heavy (non-hydrogen) atoms. The lowest BCUT2D eigenvalue weighted by Crippen LogP contribution is -2.09. The summed E-state index contributed by atoms with van der Waals surface area (Å²) in [6.07, 6.45) is -0.0594. The third-order valence-corrected chi connectivity index (χ3v) is 2.47. The summed E-state index contributed by atoms with van der Waals surface area (Å²) in [6.45, 7) is 0.818. The van der Waals surface area contributed by atoms with Gasteiger partial charge in [0.2, 0.25) is 0 Å². The summed E-state index contributed by atoms with van der Waals surface area (Å²) in [7, 11) is 0. The molecule has 1 aromatic heterocycles. The van der Waals surface area contributed by atoms with Crippen LogP contribution in [0.15, 0.2) is 6.20 Å². The van der Waals surface area contributed by atoms with Crippen LogP contribution in [-0.2, 0) is 13.0 Å². The van der Waals surface area contributed by atoms with E-state index in [4.69, 9.17) is 5.11 Å². The second-order valence-electron chi connectivity index (χ2n) is 3.51. The highest BCUT2D eigenvalue weighted by Gasteiger charge is 2.23. The lowest BCUT2D eigenvalue weighted by atomic mass is 10.2. The number of hydrogen-bond acceptors (Lipinski definition) is 2. The Balaban J connectivity index is 2.23. The minimum Gasteiger partial charge on any atom is -0.381 e. The average molecular weight is 202 g/mol. The Morgan fingerprint density at radius 2 is 2.21 bits per heavy atom. The van der Waals surface area contributed by atoms with Gasteiger partial charge in [0.25, 0.3) is 6.43 Å². The van der Waals surface area contributed by atoms with Gasteiger partial charge in [0.15, 0.2) is 6.10 Å². The lowest BCUT2D eigenvalue weighted by molar-refractivity contribution is -0.00807. The molecule has 0 aliphatic carbocycles. The van der Waals surface area contributed by atoms with Gasteiger partial charge < -0.3 is 9.67 Å². The van der Waals surface area contributed by atoms with E-state index in [0.29, 0.717) is 0 Å². The van der Waals surface area contributed by atoms with Crippen LogP contribution in [0, 0.1) is 0 Å². The summed E-state index contributed by atoms with van der Waals surface area (Å²) < 4.78 is 26.2. The zero-order valence-corrected chi connectivity index (χ0v) is 7.66. The molecule has 0 amide bonds. The van der Waals surface area contributed by atoms with E-state index in [0.717, 1.165) is 31.6 Å². The minimum atomic E-state index is -2.76. The second-order valence-corrected chi connectivity index (χ2v) is 3.51. The molecule has 0 saturated heterocycles. The lowest BCUT2D eigenvalue weighted by Gasteiger charge is -2.11. The monoisotopic (exact) mass is 202 g/mol. The number of fused-ring (bicyclic) bond motifs is 1. The molecule has 2 rings (SSSR count). The number of hydrogen-bond donors (Lipinski definition) is 1. The van der Waals surface area contributed by atoms with Gasteiger partial charge in [0.05, 0.1) is 5.69 Å². The van der Waals surface area contributed by atoms with Crippen molar-refractivity contribution in [2.75, 3.05) is 0 Å². The highest BCUT2D eigenvalue weighted by atomic mass is 19.3. The van der Waals surface area contributed by atoms with Crippen molar-refractivity contribution >= 4 is 0 Å². The Bertz CT molecular complexity index is 301. The van der Waals surface area contributed by atoms with Gasteiger partial charge in [0.1, 0.15) is 5.82 Å². The maximum atomic E-state index is 12.2. The number of imidazole rings is 1. The Morgan fingerprint density at radius 1 is 1.43 bits per heavy atom. The van der Waals surface area contributed by atoms with E-state index >= 15 is 0 Å². The van der Waals surface area contributed by atoms with Crippen molar-refractivity contribution in [2.45, 2.75) is 38.3 Å². The fraction of sp³-hybridized carbons (Fsp3) is 0.667. The molecule has 0 spiro atoms. The topological polar surface area (TPSA) is 38.0 Å². The van der Waals surface area contributed by atoms with Gasteiger partial charge in [0, 0.05) is 19.2 Å². The third kappa shape index (κ3) is 1.64. The van der Waals surface area contributed by atoms with Gasteiger partial charge in [-0.1, -0.05) is 0 Å². The van der Waals surface area contributed by atoms with Gasteiger partial charge in [-0.2, -0.15) is 0 Å². The number of alkyl halides is 2. The molecular weight excluding hydrogens is 190 g/mol. The largest absolute Gasteiger partial charge is 0.381 e. The Hall–Kier alpha value is -0.970. The van der Waals surface area contributed by atoms with E-state index < -0.39 is 12.5 Å². The molecule has 5 heteroatoms. The molecule has 0 saturated carbocycles. The third-order valence-electron chi connectivity index (χ3n) is 2.47. The fourth-order valence-electron chi connectivity index (χ4n) is 1.71. The maximum Gasteiger partial charge on any atom is 0.269 e. The Morgan fingerprint density at radius 3 is 2.86 bits per heavy atom. The van der Waals surface area contributed by atoms with Crippen LogP contribution >= 0.6 is 0 Å². The molecule has 2 heterocycles. The summed E-state index contributed by atoms with van der Waals surface area (Å²) in [5.41, 5.74) is 0.0944. The number of rotatable bonds is 2. The molecule has 0 fully saturated rings. The molecule has 0 aromatic carbocycles. The molecule has 1 aliphatic heterocycles. The Kier molecular flexibility index (Phi) is 2.50. The number of aliphatic hydroxyl groups excluding tert-OH is 1. The van der Waals surface area contributed by atoms with Crippen molar-refractivity contribution in [3.8, 4) is 0 Å². The Labute approximate surface area is 80.4 Å². The first-order valence-electron chi connectivity index (χ1n) is 4.70. The van der Waals surface area contributed by atoms with Crippen LogP contribution in [0.1, 0.15) is 30.5 Å². The first-order chi connectivity index (χ1) is 6.68. The molecule has 0 radical (unpaired) electrons. The van der Waals surface area contributed by atoms with Crippen molar-refractivity contribution in [3.05, 3.63) is 17.7 Å². The number of halogens is 2. The SMILES string of the molecule is OC(c1cn2c(n1)CCCC2)C(F)F. The molecule has 1 N–H and O–H groups in total. The van der Waals surface area contributed by atoms with E-state index in [9.17, 15) is 8.78 Å². The molecule has 3 nitrogen and oxygen atoms in total. The average Bonchev–Trinajstić information content (AvgIpc) is 2.59. The summed E-state index contributed by atoms with van der Waals surface area (Å²) in [6, 6.07) is 0. The van der Waals surface area contributed by atoms with Crippen molar-refractivity contribution in [1.29, 1.82) is 0 Å². The number of nitrogens with zero attached hydrogens (tertiary/aromatic N) is 2. The summed E-state index contributed by atoms with van der Waals surface area (Å²) in [4.78, 5) is 4.00. The highest BCUT2D eigenvalue weighted by Crippen LogP contribution is 2.22. The van der Waals surface area contributed by atoms with Crippen LogP contribution in [0.2, 0.25) is 0 Å². The van der Waals surface area contributed by atoms with Crippen molar-refractivity contribution < 1.29 is 13.9 Å². The molecule has 0 bridgehead atoms. The van der Waals surface area contributed by atoms with E-state index in [2.05, 4.69) is 4.98 Å². The maximum absolute atomic E-state index is 12.2. The summed E-state index contributed by atoms with van der Waals surface area (Å²) >= 11 is 0. The first-order valence-corrected chi connectivity index (χ1v) is 4.70. The first kappa shape index (κ1) is 9.58. The van der Waals surface area contributed by atoms with Gasteiger partial charge in [-0.3, -0.25) is 0 Å². The summed E-state index contributed by atoms with van der Waals surface area (Å²) in [5, 5.41) is 9.12. The van der Waals surface area contributed by atoms with Crippen LogP contribution in [0.25, 0.3) is 0 Å². The summed E-state index contributed by atoms with van der Waals surface area (Å²) in [5.74, 6) is 0.811. The van der Waals surface area contributed by atoms with Gasteiger partial charge in [-0.15, -0.1) is 0 Å². The van der Waals surface area contributed by atoms with E-state index in [1.165, 1.54) is 6.20 Å². The van der Waals surface area contributed by atoms with Gasteiger partial charge in [-0.25, -0.2) is 13.8 Å². The predicted molar refractivity (Wildman–Crippen MR) is 46.1 cm³/mol. The highest BCUT2D eigenvalue weighted by molar-refractivity contribution is 5.09. The van der Waals surface area contributed by atoms with Crippen molar-refractivity contribution in [3.63, 3.8) is 0 Å². The molecule has 1 atom stereocenters. The standard InChI is InChI=1S/C9H12F2N2O/c10-9(11)8(14)6-5-13-4-2-1-3-7(13)12-6/h5,8-9,14H,1-4H2. The zero-order valence-electron chi connectivity index (χ0n) is 7.66. The number of aliphatic hydroxyl groups is 1. The van der Waals surface area contributed by atoms with E-state index in [-0.39, 0.29) is 5.69 Å². The molecule has 78 valence electrons. The van der Waals surface area contributed by atoms with Crippen molar-refractivity contribution in [1.82, 2.24) is 9.55 Å². The quantitative estimate of drug-likeness (QED) is 0.789. The van der Waals surface area contributed by atoms with E-state index in [1.807, 2.05) is 4.57 Å². The fourth-order valence-corrected chi connectivity index (χ4v) is 1.71. The van der Waals surface area contributed by atoms with E-state index in [1.54, 1.807) is 0 Å². The molecule has 1 unspecified atom stereocenters. The van der Waals surface area contributed by atoms with Crippen molar-refractivity contribution in [2.24, 2.45) is 0 Å². The second kappa shape index (κ2) is 3.65. The zero-order chi connectivity index (χ0) is 10.1. The van der Waals surface area contributed by atoms with Gasteiger partial charge >= 0.3 is 0 Å². The van der Waals surface area contributed by atoms with Gasteiger partial charge in [-0.05, 0) is 12.8 Å². The number of aryl methyl sites for hydroxylation is 2. The predicted octanol–water partition coefficient (Wildman–Crippen LogP) is 1.52. The van der Waals surface area contributed by atoms with Crippen LogP contribution in [0.4, 0.5) is 8.78 Å².